The number of imidazole rings is 1. The Hall–Kier alpha value is -2.67. The summed E-state index contributed by atoms with van der Waals surface area (Å²) < 4.78 is 3.25. The first kappa shape index (κ1) is 18.1. The third-order valence-electron chi connectivity index (χ3n) is 4.49. The molecule has 0 radical (unpaired) electrons. The molecule has 0 atom stereocenters. The van der Waals surface area contributed by atoms with Crippen molar-refractivity contribution < 1.29 is 5.21 Å². The molecule has 0 aliphatic heterocycles. The minimum absolute atomic E-state index is 0.215. The number of fused-ring (bicyclic) bond motifs is 1. The number of hydrogen-bond acceptors (Lipinski definition) is 5. The quantitative estimate of drug-likeness (QED) is 0.688. The fourth-order valence-electron chi connectivity index (χ4n) is 2.93. The van der Waals surface area contributed by atoms with Gasteiger partial charge in [0.15, 0.2) is 11.2 Å². The molecule has 0 aliphatic rings. The van der Waals surface area contributed by atoms with E-state index >= 15 is 0 Å². The van der Waals surface area contributed by atoms with Gasteiger partial charge in [0.1, 0.15) is 5.82 Å². The van der Waals surface area contributed by atoms with Crippen molar-refractivity contribution in [3.63, 3.8) is 0 Å². The Morgan fingerprint density at radius 3 is 2.54 bits per heavy atom. The maximum absolute atomic E-state index is 12.9. The van der Waals surface area contributed by atoms with E-state index in [-0.39, 0.29) is 11.5 Å². The first-order valence-corrected chi connectivity index (χ1v) is 8.82. The lowest BCUT2D eigenvalue weighted by Gasteiger charge is -2.19. The molecule has 2 heterocycles. The lowest BCUT2D eigenvalue weighted by Crippen LogP contribution is -2.31. The number of benzene rings is 1. The van der Waals surface area contributed by atoms with E-state index in [1.807, 2.05) is 41.8 Å². The van der Waals surface area contributed by atoms with E-state index in [9.17, 15) is 10.0 Å². The van der Waals surface area contributed by atoms with Gasteiger partial charge >= 0.3 is 0 Å². The summed E-state index contributed by atoms with van der Waals surface area (Å²) in [5, 5.41) is 11.4. The van der Waals surface area contributed by atoms with Gasteiger partial charge < -0.3 is 4.57 Å². The van der Waals surface area contributed by atoms with Crippen LogP contribution in [0.5, 0.6) is 0 Å². The number of aryl methyl sites for hydroxylation is 1. The van der Waals surface area contributed by atoms with Crippen molar-refractivity contribution >= 4 is 17.1 Å². The number of hydrogen-bond donors (Lipinski definition) is 1. The predicted octanol–water partition coefficient (Wildman–Crippen LogP) is 2.73. The summed E-state index contributed by atoms with van der Waals surface area (Å²) >= 11 is 0. The summed E-state index contributed by atoms with van der Waals surface area (Å²) in [5.41, 5.74) is 1.68. The zero-order valence-electron chi connectivity index (χ0n) is 15.7. The van der Waals surface area contributed by atoms with Gasteiger partial charge in [-0.15, -0.1) is 0 Å². The van der Waals surface area contributed by atoms with Gasteiger partial charge in [-0.1, -0.05) is 44.2 Å². The molecule has 0 spiro atoms. The number of anilines is 1. The van der Waals surface area contributed by atoms with E-state index in [1.165, 1.54) is 4.57 Å². The van der Waals surface area contributed by atoms with Crippen molar-refractivity contribution in [2.45, 2.75) is 33.7 Å². The van der Waals surface area contributed by atoms with Crippen LogP contribution in [0, 0.1) is 12.8 Å². The molecule has 2 aromatic heterocycles. The van der Waals surface area contributed by atoms with Crippen LogP contribution in [0.15, 0.2) is 35.1 Å². The van der Waals surface area contributed by atoms with Gasteiger partial charge in [0.05, 0.1) is 0 Å². The maximum Gasteiger partial charge on any atom is 0.281 e. The third kappa shape index (κ3) is 3.48. The summed E-state index contributed by atoms with van der Waals surface area (Å²) in [5.74, 6) is 1.38. The molecule has 138 valence electrons. The van der Waals surface area contributed by atoms with Crippen LogP contribution in [0.3, 0.4) is 0 Å². The Kier molecular flexibility index (Phi) is 5.08. The standard InChI is InChI=1S/C19H25N5O2/c1-13(2)10-11-24(26)19-21-17-16(18(25)22(19)4)23(14(3)20-17)12-15-8-6-5-7-9-15/h5-9,13,26H,10-12H2,1-4H3. The summed E-state index contributed by atoms with van der Waals surface area (Å²) in [6, 6.07) is 9.92. The van der Waals surface area contributed by atoms with E-state index in [0.29, 0.717) is 30.2 Å². The van der Waals surface area contributed by atoms with Crippen LogP contribution in [-0.2, 0) is 13.6 Å². The fraction of sp³-hybridized carbons (Fsp3) is 0.421. The van der Waals surface area contributed by atoms with Gasteiger partial charge in [0.25, 0.3) is 5.56 Å². The molecule has 0 fully saturated rings. The molecule has 0 amide bonds. The molecule has 0 saturated carbocycles. The van der Waals surface area contributed by atoms with E-state index in [2.05, 4.69) is 23.8 Å². The maximum atomic E-state index is 12.9. The van der Waals surface area contributed by atoms with E-state index in [0.717, 1.165) is 22.9 Å². The molecule has 7 heteroatoms. The number of rotatable bonds is 6. The number of aromatic nitrogens is 4. The molecule has 0 aliphatic carbocycles. The molecule has 7 nitrogen and oxygen atoms in total. The van der Waals surface area contributed by atoms with Gasteiger partial charge in [0.2, 0.25) is 5.95 Å². The summed E-state index contributed by atoms with van der Waals surface area (Å²) in [6.07, 6.45) is 0.798. The Morgan fingerprint density at radius 2 is 1.88 bits per heavy atom. The van der Waals surface area contributed by atoms with Crippen molar-refractivity contribution in [3.8, 4) is 0 Å². The second-order valence-corrected chi connectivity index (χ2v) is 6.98. The van der Waals surface area contributed by atoms with Crippen LogP contribution in [-0.4, -0.2) is 30.9 Å². The minimum atomic E-state index is -0.217. The zero-order chi connectivity index (χ0) is 18.8. The molecule has 26 heavy (non-hydrogen) atoms. The molecule has 3 rings (SSSR count). The molecule has 0 bridgehead atoms. The van der Waals surface area contributed by atoms with Crippen molar-refractivity contribution in [1.82, 2.24) is 19.1 Å². The van der Waals surface area contributed by atoms with Gasteiger partial charge in [-0.2, -0.15) is 4.98 Å². The van der Waals surface area contributed by atoms with Crippen molar-refractivity contribution in [2.24, 2.45) is 13.0 Å². The summed E-state index contributed by atoms with van der Waals surface area (Å²) in [7, 11) is 1.62. The highest BCUT2D eigenvalue weighted by Crippen LogP contribution is 2.17. The van der Waals surface area contributed by atoms with Crippen LogP contribution in [0.1, 0.15) is 31.7 Å². The Morgan fingerprint density at radius 1 is 1.19 bits per heavy atom. The smallest absolute Gasteiger partial charge is 0.281 e. The normalized spacial score (nSPS) is 11.5. The highest BCUT2D eigenvalue weighted by molar-refractivity contribution is 5.72. The number of hydroxylamine groups is 1. The number of nitrogens with zero attached hydrogens (tertiary/aromatic N) is 5. The Labute approximate surface area is 152 Å². The second kappa shape index (κ2) is 7.29. The minimum Gasteiger partial charge on any atom is -0.318 e. The van der Waals surface area contributed by atoms with Crippen molar-refractivity contribution in [1.29, 1.82) is 0 Å². The average molecular weight is 355 g/mol. The van der Waals surface area contributed by atoms with Gasteiger partial charge in [-0.3, -0.25) is 14.6 Å². The van der Waals surface area contributed by atoms with Crippen LogP contribution >= 0.6 is 0 Å². The SMILES string of the molecule is Cc1nc2nc(N(O)CCC(C)C)n(C)c(=O)c2n1Cc1ccccc1. The second-order valence-electron chi connectivity index (χ2n) is 6.98. The third-order valence-corrected chi connectivity index (χ3v) is 4.49. The topological polar surface area (TPSA) is 76.2 Å². The van der Waals surface area contributed by atoms with Crippen molar-refractivity contribution in [3.05, 3.63) is 52.1 Å². The largest absolute Gasteiger partial charge is 0.318 e. The zero-order valence-corrected chi connectivity index (χ0v) is 15.7. The van der Waals surface area contributed by atoms with E-state index in [1.54, 1.807) is 7.05 Å². The predicted molar refractivity (Wildman–Crippen MR) is 102 cm³/mol. The summed E-state index contributed by atoms with van der Waals surface area (Å²) in [4.78, 5) is 21.8. The van der Waals surface area contributed by atoms with Crippen LogP contribution < -0.4 is 10.6 Å². The van der Waals surface area contributed by atoms with Crippen LogP contribution in [0.4, 0.5) is 5.95 Å². The lowest BCUT2D eigenvalue weighted by molar-refractivity contribution is 0.236. The van der Waals surface area contributed by atoms with Gasteiger partial charge in [0, 0.05) is 20.1 Å². The molecule has 0 unspecified atom stereocenters. The molecule has 1 N–H and O–H groups in total. The Balaban J connectivity index is 2.04. The van der Waals surface area contributed by atoms with Crippen LogP contribution in [0.2, 0.25) is 0 Å². The molecular formula is C19H25N5O2. The Bertz CT molecular complexity index is 959. The summed E-state index contributed by atoms with van der Waals surface area (Å²) in [6.45, 7) is 6.98. The monoisotopic (exact) mass is 355 g/mol. The molecular weight excluding hydrogens is 330 g/mol. The first-order chi connectivity index (χ1) is 12.4. The lowest BCUT2D eigenvalue weighted by atomic mass is 10.1. The molecule has 0 saturated heterocycles. The van der Waals surface area contributed by atoms with Gasteiger partial charge in [-0.05, 0) is 24.8 Å². The molecule has 1 aromatic carbocycles. The van der Waals surface area contributed by atoms with E-state index < -0.39 is 0 Å². The van der Waals surface area contributed by atoms with Crippen molar-refractivity contribution in [2.75, 3.05) is 11.6 Å². The van der Waals surface area contributed by atoms with Gasteiger partial charge in [-0.25, -0.2) is 10.0 Å². The van der Waals surface area contributed by atoms with E-state index in [4.69, 9.17) is 0 Å². The average Bonchev–Trinajstić information content (AvgIpc) is 2.92. The highest BCUT2D eigenvalue weighted by Gasteiger charge is 2.19. The highest BCUT2D eigenvalue weighted by atomic mass is 16.5. The first-order valence-electron chi connectivity index (χ1n) is 8.82. The molecule has 3 aromatic rings. The van der Waals surface area contributed by atoms with Crippen LogP contribution in [0.25, 0.3) is 11.2 Å². The fourth-order valence-corrected chi connectivity index (χ4v) is 2.93.